The van der Waals surface area contributed by atoms with Crippen molar-refractivity contribution in [2.75, 3.05) is 39.2 Å². The molecule has 0 unspecified atom stereocenters. The van der Waals surface area contributed by atoms with E-state index in [4.69, 9.17) is 9.47 Å². The van der Waals surface area contributed by atoms with Crippen LogP contribution in [0, 0.1) is 0 Å². The molecule has 8 heteroatoms. The van der Waals surface area contributed by atoms with Crippen molar-refractivity contribution in [3.05, 3.63) is 42.2 Å². The molecule has 130 valence electrons. The molecule has 1 aromatic heterocycles. The third-order valence-electron chi connectivity index (χ3n) is 3.99. The maximum Gasteiger partial charge on any atom is 0.178 e. The Hall–Kier alpha value is -1.90. The van der Waals surface area contributed by atoms with Gasteiger partial charge >= 0.3 is 0 Å². The van der Waals surface area contributed by atoms with Crippen LogP contribution in [0.2, 0.25) is 0 Å². The molecule has 0 aliphatic carbocycles. The molecule has 7 nitrogen and oxygen atoms in total. The largest absolute Gasteiger partial charge is 0.492 e. The van der Waals surface area contributed by atoms with Crippen LogP contribution in [0.1, 0.15) is 11.7 Å². The van der Waals surface area contributed by atoms with Gasteiger partial charge in [0.2, 0.25) is 0 Å². The number of hydrogen-bond acceptors (Lipinski definition) is 6. The zero-order chi connectivity index (χ0) is 17.0. The molecule has 1 saturated heterocycles. The van der Waals surface area contributed by atoms with Gasteiger partial charge in [-0.25, -0.2) is 8.42 Å². The van der Waals surface area contributed by atoms with Gasteiger partial charge in [0.05, 0.1) is 31.1 Å². The lowest BCUT2D eigenvalue weighted by Gasteiger charge is -2.35. The van der Waals surface area contributed by atoms with E-state index in [1.165, 1.54) is 12.5 Å². The van der Waals surface area contributed by atoms with Crippen molar-refractivity contribution in [1.82, 2.24) is 15.1 Å². The summed E-state index contributed by atoms with van der Waals surface area (Å²) in [7, 11) is -3.33. The number of aromatic amines is 1. The number of morpholine rings is 1. The lowest BCUT2D eigenvalue weighted by molar-refractivity contribution is -0.0157. The van der Waals surface area contributed by atoms with Crippen LogP contribution in [-0.2, 0) is 14.6 Å². The number of nitrogens with zero attached hydrogens (tertiary/aromatic N) is 2. The predicted octanol–water partition coefficient (Wildman–Crippen LogP) is 1.27. The number of ether oxygens (including phenoxy) is 2. The molecule has 0 amide bonds. The molecule has 1 fully saturated rings. The third-order valence-corrected chi connectivity index (χ3v) is 5.12. The average molecular weight is 351 g/mol. The standard InChI is InChI=1S/C16H21N3O4S/c1-24(20,21)15-11-17-18-16(15)14-12-22-9-7-19(14)8-10-23-13-5-3-2-4-6-13/h2-6,11,14H,7-10,12H2,1H3,(H,17,18)/t14-/m1/s1. The van der Waals surface area contributed by atoms with Crippen molar-refractivity contribution in [3.8, 4) is 5.75 Å². The Bertz CT molecular complexity index is 761. The molecular weight excluding hydrogens is 330 g/mol. The first-order chi connectivity index (χ1) is 11.6. The maximum absolute atomic E-state index is 11.9. The van der Waals surface area contributed by atoms with Gasteiger partial charge in [-0.05, 0) is 12.1 Å². The lowest BCUT2D eigenvalue weighted by Crippen LogP contribution is -2.42. The minimum Gasteiger partial charge on any atom is -0.492 e. The second-order valence-electron chi connectivity index (χ2n) is 5.71. The van der Waals surface area contributed by atoms with Crippen LogP contribution in [0.15, 0.2) is 41.4 Å². The SMILES string of the molecule is CS(=O)(=O)c1cn[nH]c1[C@H]1COCCN1CCOc1ccccc1. The number of benzene rings is 1. The van der Waals surface area contributed by atoms with Gasteiger partial charge in [0, 0.05) is 19.3 Å². The van der Waals surface area contributed by atoms with Crippen molar-refractivity contribution in [2.45, 2.75) is 10.9 Å². The number of aromatic nitrogens is 2. The van der Waals surface area contributed by atoms with Crippen LogP contribution in [0.5, 0.6) is 5.75 Å². The smallest absolute Gasteiger partial charge is 0.178 e. The summed E-state index contributed by atoms with van der Waals surface area (Å²) in [5.74, 6) is 0.820. The van der Waals surface area contributed by atoms with Gasteiger partial charge in [-0.3, -0.25) is 10.00 Å². The monoisotopic (exact) mass is 351 g/mol. The molecule has 1 aliphatic heterocycles. The fourth-order valence-corrected chi connectivity index (χ4v) is 3.61. The molecule has 1 aromatic carbocycles. The van der Waals surface area contributed by atoms with Gasteiger partial charge in [0.25, 0.3) is 0 Å². The zero-order valence-corrected chi connectivity index (χ0v) is 14.3. The summed E-state index contributed by atoms with van der Waals surface area (Å²) in [6.45, 7) is 2.94. The highest BCUT2D eigenvalue weighted by atomic mass is 32.2. The van der Waals surface area contributed by atoms with E-state index >= 15 is 0 Å². The van der Waals surface area contributed by atoms with Gasteiger partial charge in [0.1, 0.15) is 17.3 Å². The minimum absolute atomic E-state index is 0.176. The first-order valence-corrected chi connectivity index (χ1v) is 9.68. The lowest BCUT2D eigenvalue weighted by atomic mass is 10.1. The van der Waals surface area contributed by atoms with Crippen molar-refractivity contribution in [2.24, 2.45) is 0 Å². The number of sulfone groups is 1. The summed E-state index contributed by atoms with van der Waals surface area (Å²) < 4.78 is 35.1. The van der Waals surface area contributed by atoms with Crippen LogP contribution < -0.4 is 4.74 Å². The highest BCUT2D eigenvalue weighted by Crippen LogP contribution is 2.27. The fraction of sp³-hybridized carbons (Fsp3) is 0.438. The third kappa shape index (κ3) is 3.95. The Morgan fingerprint density at radius 3 is 2.92 bits per heavy atom. The molecule has 1 atom stereocenters. The molecule has 24 heavy (non-hydrogen) atoms. The van der Waals surface area contributed by atoms with Crippen LogP contribution in [0.25, 0.3) is 0 Å². The zero-order valence-electron chi connectivity index (χ0n) is 13.5. The highest BCUT2D eigenvalue weighted by molar-refractivity contribution is 7.90. The maximum atomic E-state index is 11.9. The van der Waals surface area contributed by atoms with Crippen LogP contribution in [-0.4, -0.2) is 62.7 Å². The molecule has 0 saturated carbocycles. The Morgan fingerprint density at radius 2 is 2.17 bits per heavy atom. The first-order valence-electron chi connectivity index (χ1n) is 7.78. The number of hydrogen-bond donors (Lipinski definition) is 1. The second kappa shape index (κ2) is 7.33. The number of rotatable bonds is 6. The Kier molecular flexibility index (Phi) is 5.17. The molecule has 3 rings (SSSR count). The molecule has 0 spiro atoms. The van der Waals surface area contributed by atoms with Gasteiger partial charge in [-0.2, -0.15) is 5.10 Å². The number of H-pyrrole nitrogens is 1. The molecule has 2 aromatic rings. The topological polar surface area (TPSA) is 84.5 Å². The van der Waals surface area contributed by atoms with E-state index < -0.39 is 9.84 Å². The van der Waals surface area contributed by atoms with Gasteiger partial charge < -0.3 is 9.47 Å². The predicted molar refractivity (Wildman–Crippen MR) is 88.8 cm³/mol. The second-order valence-corrected chi connectivity index (χ2v) is 7.69. The Morgan fingerprint density at radius 1 is 1.38 bits per heavy atom. The Balaban J connectivity index is 1.69. The number of nitrogens with one attached hydrogen (secondary N) is 1. The van der Waals surface area contributed by atoms with E-state index in [0.717, 1.165) is 5.75 Å². The normalized spacial score (nSPS) is 19.3. The summed E-state index contributed by atoms with van der Waals surface area (Å²) in [6, 6.07) is 9.44. The van der Waals surface area contributed by atoms with Crippen molar-refractivity contribution >= 4 is 9.84 Å². The highest BCUT2D eigenvalue weighted by Gasteiger charge is 2.30. The summed E-state index contributed by atoms with van der Waals surface area (Å²) in [6.07, 6.45) is 2.55. The molecule has 0 bridgehead atoms. The van der Waals surface area contributed by atoms with Crippen LogP contribution in [0.4, 0.5) is 0 Å². The van der Waals surface area contributed by atoms with E-state index in [9.17, 15) is 8.42 Å². The van der Waals surface area contributed by atoms with E-state index in [2.05, 4.69) is 15.1 Å². The van der Waals surface area contributed by atoms with E-state index in [1.807, 2.05) is 30.3 Å². The molecular formula is C16H21N3O4S. The first kappa shape index (κ1) is 16.9. The summed E-state index contributed by atoms with van der Waals surface area (Å²) in [5.41, 5.74) is 0.580. The number of para-hydroxylation sites is 1. The van der Waals surface area contributed by atoms with Crippen molar-refractivity contribution in [3.63, 3.8) is 0 Å². The van der Waals surface area contributed by atoms with E-state index in [1.54, 1.807) is 0 Å². The summed E-state index contributed by atoms with van der Waals surface area (Å²) in [4.78, 5) is 2.39. The van der Waals surface area contributed by atoms with Crippen LogP contribution in [0.3, 0.4) is 0 Å². The molecule has 0 radical (unpaired) electrons. The Labute approximate surface area is 141 Å². The summed E-state index contributed by atoms with van der Waals surface area (Å²) >= 11 is 0. The average Bonchev–Trinajstić information content (AvgIpc) is 3.06. The molecule has 1 aliphatic rings. The van der Waals surface area contributed by atoms with Crippen molar-refractivity contribution in [1.29, 1.82) is 0 Å². The van der Waals surface area contributed by atoms with Crippen LogP contribution >= 0.6 is 0 Å². The van der Waals surface area contributed by atoms with Crippen molar-refractivity contribution < 1.29 is 17.9 Å². The molecule has 2 heterocycles. The van der Waals surface area contributed by atoms with Gasteiger partial charge in [-0.15, -0.1) is 0 Å². The molecule has 1 N–H and O–H groups in total. The van der Waals surface area contributed by atoms with E-state index in [-0.39, 0.29) is 10.9 Å². The quantitative estimate of drug-likeness (QED) is 0.844. The van der Waals surface area contributed by atoms with Gasteiger partial charge in [-0.1, -0.05) is 18.2 Å². The minimum atomic E-state index is -3.33. The van der Waals surface area contributed by atoms with E-state index in [0.29, 0.717) is 38.6 Å². The fourth-order valence-electron chi connectivity index (χ4n) is 2.79. The summed E-state index contributed by atoms with van der Waals surface area (Å²) in [5, 5.41) is 6.74. The van der Waals surface area contributed by atoms with Gasteiger partial charge in [0.15, 0.2) is 9.84 Å².